The summed E-state index contributed by atoms with van der Waals surface area (Å²) in [5.41, 5.74) is 1.74. The number of hydrogen-bond acceptors (Lipinski definition) is 6. The van der Waals surface area contributed by atoms with Crippen molar-refractivity contribution in [1.29, 1.82) is 0 Å². The lowest BCUT2D eigenvalue weighted by atomic mass is 10.1. The van der Waals surface area contributed by atoms with Crippen molar-refractivity contribution in [3.8, 4) is 11.3 Å². The van der Waals surface area contributed by atoms with Gasteiger partial charge in [-0.3, -0.25) is 4.79 Å². The van der Waals surface area contributed by atoms with Gasteiger partial charge >= 0.3 is 0 Å². The molecular formula is C24H25F2N5O2. The molecule has 0 radical (unpaired) electrons. The molecular weight excluding hydrogens is 428 g/mol. The van der Waals surface area contributed by atoms with E-state index in [-0.39, 0.29) is 23.7 Å². The van der Waals surface area contributed by atoms with E-state index in [1.165, 1.54) is 24.3 Å². The fourth-order valence-corrected chi connectivity index (χ4v) is 3.80. The predicted molar refractivity (Wildman–Crippen MR) is 123 cm³/mol. The first-order chi connectivity index (χ1) is 16.1. The lowest BCUT2D eigenvalue weighted by molar-refractivity contribution is 0.0966. The zero-order chi connectivity index (χ0) is 23.4. The monoisotopic (exact) mass is 453 g/mol. The van der Waals surface area contributed by atoms with Crippen molar-refractivity contribution in [2.45, 2.75) is 20.4 Å². The molecule has 7 nitrogen and oxygen atoms in total. The summed E-state index contributed by atoms with van der Waals surface area (Å²) in [6.07, 6.45) is 1.66. The molecule has 172 valence electrons. The third-order valence-corrected chi connectivity index (χ3v) is 5.32. The van der Waals surface area contributed by atoms with Crippen molar-refractivity contribution < 1.29 is 18.3 Å². The van der Waals surface area contributed by atoms with Crippen LogP contribution >= 0.6 is 0 Å². The number of morpholine rings is 1. The molecule has 1 amide bonds. The Hall–Kier alpha value is -3.59. The highest BCUT2D eigenvalue weighted by atomic mass is 19.1. The molecule has 2 aliphatic heterocycles. The van der Waals surface area contributed by atoms with E-state index in [0.29, 0.717) is 35.8 Å². The minimum Gasteiger partial charge on any atom is -0.378 e. The minimum absolute atomic E-state index is 0.117. The van der Waals surface area contributed by atoms with Gasteiger partial charge in [-0.05, 0) is 30.3 Å². The summed E-state index contributed by atoms with van der Waals surface area (Å²) in [6.45, 7) is 7.07. The Morgan fingerprint density at radius 3 is 2.45 bits per heavy atom. The van der Waals surface area contributed by atoms with Crippen LogP contribution in [0, 0.1) is 11.6 Å². The van der Waals surface area contributed by atoms with E-state index in [1.807, 2.05) is 26.0 Å². The summed E-state index contributed by atoms with van der Waals surface area (Å²) >= 11 is 0. The quantitative estimate of drug-likeness (QED) is 0.614. The molecule has 4 heterocycles. The van der Waals surface area contributed by atoms with Gasteiger partial charge < -0.3 is 20.3 Å². The number of nitrogens with one attached hydrogen (secondary N) is 2. The molecule has 2 aromatic heterocycles. The summed E-state index contributed by atoms with van der Waals surface area (Å²) in [5.74, 6) is -0.886. The zero-order valence-electron chi connectivity index (χ0n) is 18.5. The summed E-state index contributed by atoms with van der Waals surface area (Å²) in [6, 6.07) is 8.87. The van der Waals surface area contributed by atoms with Gasteiger partial charge in [-0.2, -0.15) is 0 Å². The van der Waals surface area contributed by atoms with Crippen LogP contribution in [0.5, 0.6) is 0 Å². The number of fused-ring (bicyclic) bond motifs is 1. The van der Waals surface area contributed by atoms with E-state index in [0.717, 1.165) is 18.9 Å². The van der Waals surface area contributed by atoms with E-state index in [1.54, 1.807) is 6.20 Å². The maximum absolute atomic E-state index is 14.3. The second-order valence-corrected chi connectivity index (χ2v) is 7.29. The highest BCUT2D eigenvalue weighted by Crippen LogP contribution is 2.33. The Labute approximate surface area is 190 Å². The van der Waals surface area contributed by atoms with Crippen LogP contribution in [-0.4, -0.2) is 42.2 Å². The van der Waals surface area contributed by atoms with Gasteiger partial charge in [0, 0.05) is 13.1 Å². The number of aromatic nitrogens is 2. The fourth-order valence-electron chi connectivity index (χ4n) is 3.80. The Kier molecular flexibility index (Phi) is 6.79. The van der Waals surface area contributed by atoms with Crippen LogP contribution in [0.25, 0.3) is 11.3 Å². The smallest absolute Gasteiger partial charge is 0.255 e. The van der Waals surface area contributed by atoms with Gasteiger partial charge in [-0.1, -0.05) is 19.9 Å². The van der Waals surface area contributed by atoms with Crippen LogP contribution in [0.3, 0.4) is 0 Å². The van der Waals surface area contributed by atoms with Crippen molar-refractivity contribution in [2.24, 2.45) is 0 Å². The van der Waals surface area contributed by atoms with Crippen LogP contribution < -0.4 is 15.5 Å². The summed E-state index contributed by atoms with van der Waals surface area (Å²) < 4.78 is 34.0. The summed E-state index contributed by atoms with van der Waals surface area (Å²) in [7, 11) is 0. The maximum atomic E-state index is 14.3. The number of carbonyl (C=O) groups is 1. The first-order valence-corrected chi connectivity index (χ1v) is 10.9. The highest BCUT2D eigenvalue weighted by molar-refractivity contribution is 6.04. The molecule has 9 heteroatoms. The summed E-state index contributed by atoms with van der Waals surface area (Å²) in [5, 5.41) is 5.87. The number of benzene rings is 1. The van der Waals surface area contributed by atoms with E-state index in [2.05, 4.69) is 25.5 Å². The van der Waals surface area contributed by atoms with E-state index in [9.17, 15) is 13.6 Å². The van der Waals surface area contributed by atoms with Crippen molar-refractivity contribution >= 4 is 23.1 Å². The summed E-state index contributed by atoms with van der Waals surface area (Å²) in [4.78, 5) is 23.3. The van der Waals surface area contributed by atoms with Crippen molar-refractivity contribution in [3.05, 3.63) is 65.5 Å². The van der Waals surface area contributed by atoms with E-state index < -0.39 is 11.6 Å². The predicted octanol–water partition coefficient (Wildman–Crippen LogP) is 4.27. The number of ether oxygens (including phenoxy) is 1. The molecule has 0 bridgehead atoms. The van der Waals surface area contributed by atoms with Crippen LogP contribution in [-0.2, 0) is 11.3 Å². The second-order valence-electron chi connectivity index (χ2n) is 7.29. The number of carbonyl (C=O) groups excluding carboxylic acids is 1. The number of nitrogens with zero attached hydrogens (tertiary/aromatic N) is 3. The molecule has 1 saturated heterocycles. The van der Waals surface area contributed by atoms with Crippen molar-refractivity contribution in [3.63, 3.8) is 0 Å². The molecule has 2 aliphatic rings. The van der Waals surface area contributed by atoms with Gasteiger partial charge in [0.15, 0.2) is 0 Å². The molecule has 0 atom stereocenters. The van der Waals surface area contributed by atoms with Gasteiger partial charge in [-0.25, -0.2) is 18.7 Å². The second kappa shape index (κ2) is 9.91. The molecule has 1 fully saturated rings. The highest BCUT2D eigenvalue weighted by Gasteiger charge is 2.27. The standard InChI is InChI=1S/C22H19F2N5O2.C2H6/c23-14-2-1-3-15(24)20(14)16-10-17(21-18(28-16)12-26-22(21)30)27-13-4-5-19(25-11-13)29-6-8-31-9-7-29;1-2/h1-5,10-11H,6-9,12H2,(H,26,30)(H,27,28);1-2H3. The molecule has 0 aliphatic carbocycles. The van der Waals surface area contributed by atoms with E-state index >= 15 is 0 Å². The number of pyridine rings is 2. The minimum atomic E-state index is -0.716. The fraction of sp³-hybridized carbons (Fsp3) is 0.292. The van der Waals surface area contributed by atoms with Gasteiger partial charge in [0.25, 0.3) is 5.91 Å². The van der Waals surface area contributed by atoms with Crippen molar-refractivity contribution in [1.82, 2.24) is 15.3 Å². The molecule has 5 rings (SSSR count). The molecule has 0 spiro atoms. The Balaban J connectivity index is 0.00000126. The average Bonchev–Trinajstić information content (AvgIpc) is 3.22. The van der Waals surface area contributed by atoms with Crippen LogP contribution in [0.1, 0.15) is 29.9 Å². The zero-order valence-corrected chi connectivity index (χ0v) is 18.5. The molecule has 1 aromatic carbocycles. The van der Waals surface area contributed by atoms with E-state index in [4.69, 9.17) is 4.74 Å². The first kappa shape index (κ1) is 22.6. The normalized spacial score (nSPS) is 14.8. The maximum Gasteiger partial charge on any atom is 0.255 e. The average molecular weight is 453 g/mol. The Morgan fingerprint density at radius 2 is 1.79 bits per heavy atom. The molecule has 0 saturated carbocycles. The van der Waals surface area contributed by atoms with Crippen molar-refractivity contribution in [2.75, 3.05) is 36.5 Å². The molecule has 3 aromatic rings. The molecule has 33 heavy (non-hydrogen) atoms. The molecule has 2 N–H and O–H groups in total. The van der Waals surface area contributed by atoms with Gasteiger partial charge in [0.05, 0.1) is 59.8 Å². The lowest BCUT2D eigenvalue weighted by Crippen LogP contribution is -2.36. The number of amides is 1. The largest absolute Gasteiger partial charge is 0.378 e. The van der Waals surface area contributed by atoms with Crippen LogP contribution in [0.15, 0.2) is 42.6 Å². The number of halogens is 2. The number of anilines is 3. The van der Waals surface area contributed by atoms with Gasteiger partial charge in [0.2, 0.25) is 0 Å². The lowest BCUT2D eigenvalue weighted by Gasteiger charge is -2.27. The SMILES string of the molecule is CC.O=C1NCc2nc(-c3c(F)cccc3F)cc(Nc3ccc(N4CCOCC4)nc3)c21. The Morgan fingerprint density at radius 1 is 1.06 bits per heavy atom. The third kappa shape index (κ3) is 4.63. The van der Waals surface area contributed by atoms with Crippen LogP contribution in [0.2, 0.25) is 0 Å². The topological polar surface area (TPSA) is 79.4 Å². The van der Waals surface area contributed by atoms with Gasteiger partial charge in [0.1, 0.15) is 17.5 Å². The van der Waals surface area contributed by atoms with Gasteiger partial charge in [-0.15, -0.1) is 0 Å². The Bertz CT molecular complexity index is 1130. The number of hydrogen-bond donors (Lipinski definition) is 2. The first-order valence-electron chi connectivity index (χ1n) is 10.9. The van der Waals surface area contributed by atoms with Crippen LogP contribution in [0.4, 0.5) is 26.0 Å². The number of rotatable bonds is 4. The third-order valence-electron chi connectivity index (χ3n) is 5.32. The molecule has 0 unspecified atom stereocenters.